The van der Waals surface area contributed by atoms with E-state index in [1.54, 1.807) is 24.3 Å². The molecule has 162 valence electrons. The Bertz CT molecular complexity index is 804. The summed E-state index contributed by atoms with van der Waals surface area (Å²) in [5, 5.41) is 12.0. The molecule has 6 heteroatoms. The van der Waals surface area contributed by atoms with E-state index >= 15 is 0 Å². The maximum Gasteiger partial charge on any atom is 0.331 e. The first kappa shape index (κ1) is 22.1. The van der Waals surface area contributed by atoms with Crippen LogP contribution in [0.3, 0.4) is 0 Å². The molecular formula is C24H31NO5. The highest BCUT2D eigenvalue weighted by molar-refractivity contribution is 5.98. The highest BCUT2D eigenvalue weighted by Crippen LogP contribution is 2.29. The van der Waals surface area contributed by atoms with Gasteiger partial charge >= 0.3 is 11.9 Å². The van der Waals surface area contributed by atoms with Gasteiger partial charge in [0.2, 0.25) is 0 Å². The van der Waals surface area contributed by atoms with Crippen molar-refractivity contribution in [1.82, 2.24) is 5.32 Å². The lowest BCUT2D eigenvalue weighted by molar-refractivity contribution is -0.153. The van der Waals surface area contributed by atoms with Crippen LogP contribution in [0.15, 0.2) is 29.8 Å². The average molecular weight is 414 g/mol. The number of nitrogens with one attached hydrogen (secondary N) is 1. The molecule has 0 unspecified atom stereocenters. The summed E-state index contributed by atoms with van der Waals surface area (Å²) in [5.41, 5.74) is 1.22. The number of ether oxygens (including phenoxy) is 1. The smallest absolute Gasteiger partial charge is 0.331 e. The molecule has 30 heavy (non-hydrogen) atoms. The first-order valence-corrected chi connectivity index (χ1v) is 11.0. The minimum absolute atomic E-state index is 0.0343. The molecule has 0 bridgehead atoms. The van der Waals surface area contributed by atoms with Gasteiger partial charge in [-0.25, -0.2) is 9.59 Å². The van der Waals surface area contributed by atoms with Crippen molar-refractivity contribution < 1.29 is 24.2 Å². The van der Waals surface area contributed by atoms with E-state index < -0.39 is 12.0 Å². The normalized spacial score (nSPS) is 19.3. The first-order chi connectivity index (χ1) is 14.4. The third-order valence-corrected chi connectivity index (χ3v) is 6.12. The van der Waals surface area contributed by atoms with Gasteiger partial charge < -0.3 is 15.2 Å². The number of carbonyl (C=O) groups excluding carboxylic acids is 2. The van der Waals surface area contributed by atoms with E-state index in [1.165, 1.54) is 13.0 Å². The van der Waals surface area contributed by atoms with E-state index in [9.17, 15) is 14.4 Å². The summed E-state index contributed by atoms with van der Waals surface area (Å²) in [5.74, 6) is -1.57. The molecule has 2 saturated carbocycles. The Morgan fingerprint density at radius 3 is 2.40 bits per heavy atom. The lowest BCUT2D eigenvalue weighted by Gasteiger charge is -2.30. The molecule has 3 rings (SSSR count). The van der Waals surface area contributed by atoms with Crippen LogP contribution in [0.25, 0.3) is 6.08 Å². The van der Waals surface area contributed by atoms with Gasteiger partial charge in [-0.1, -0.05) is 31.4 Å². The van der Waals surface area contributed by atoms with Crippen molar-refractivity contribution in [2.24, 2.45) is 5.92 Å². The van der Waals surface area contributed by atoms with Crippen molar-refractivity contribution >= 4 is 23.9 Å². The number of esters is 1. The molecule has 0 spiro atoms. The summed E-state index contributed by atoms with van der Waals surface area (Å²) in [6.45, 7) is 1.51. The SMILES string of the molecule is CC(=Cc1cccc(C(=O)N[C@H](C(=O)OC2CCCC2)C2CCCCC2)c1)C(=O)O. The maximum atomic E-state index is 13.0. The van der Waals surface area contributed by atoms with Crippen LogP contribution in [0.4, 0.5) is 0 Å². The highest BCUT2D eigenvalue weighted by atomic mass is 16.5. The molecule has 2 fully saturated rings. The summed E-state index contributed by atoms with van der Waals surface area (Å²) in [6, 6.07) is 6.13. The zero-order valence-electron chi connectivity index (χ0n) is 17.6. The van der Waals surface area contributed by atoms with Crippen LogP contribution >= 0.6 is 0 Å². The van der Waals surface area contributed by atoms with Crippen molar-refractivity contribution in [1.29, 1.82) is 0 Å². The molecule has 0 aliphatic heterocycles. The molecule has 2 N–H and O–H groups in total. The second-order valence-electron chi connectivity index (χ2n) is 8.45. The van der Waals surface area contributed by atoms with E-state index in [-0.39, 0.29) is 29.5 Å². The van der Waals surface area contributed by atoms with Crippen molar-refractivity contribution in [3.05, 3.63) is 41.0 Å². The van der Waals surface area contributed by atoms with Crippen molar-refractivity contribution in [2.75, 3.05) is 0 Å². The average Bonchev–Trinajstić information content (AvgIpc) is 3.25. The molecule has 2 aliphatic rings. The van der Waals surface area contributed by atoms with Gasteiger partial charge in [0.25, 0.3) is 5.91 Å². The molecule has 1 aromatic rings. The minimum atomic E-state index is -1.00. The fraction of sp³-hybridized carbons (Fsp3) is 0.542. The van der Waals surface area contributed by atoms with Gasteiger partial charge in [0.1, 0.15) is 12.1 Å². The van der Waals surface area contributed by atoms with Crippen molar-refractivity contribution in [3.8, 4) is 0 Å². The molecule has 0 heterocycles. The topological polar surface area (TPSA) is 92.7 Å². The second-order valence-corrected chi connectivity index (χ2v) is 8.45. The van der Waals surface area contributed by atoms with Gasteiger partial charge in [0.05, 0.1) is 0 Å². The third-order valence-electron chi connectivity index (χ3n) is 6.12. The summed E-state index contributed by atoms with van der Waals surface area (Å²) < 4.78 is 5.74. The Balaban J connectivity index is 1.74. The zero-order chi connectivity index (χ0) is 21.5. The first-order valence-electron chi connectivity index (χ1n) is 11.0. The molecule has 1 aromatic carbocycles. The van der Waals surface area contributed by atoms with E-state index in [0.29, 0.717) is 11.1 Å². The van der Waals surface area contributed by atoms with Gasteiger partial charge in [-0.3, -0.25) is 4.79 Å². The van der Waals surface area contributed by atoms with Crippen LogP contribution in [0.1, 0.15) is 80.6 Å². The summed E-state index contributed by atoms with van der Waals surface area (Å²) >= 11 is 0. The number of rotatable bonds is 7. The quantitative estimate of drug-likeness (QED) is 0.512. The standard InChI is InChI=1S/C24H31NO5/c1-16(23(27)28)14-17-8-7-11-19(15-17)22(26)25-21(18-9-3-2-4-10-18)24(29)30-20-12-5-6-13-20/h7-8,11,14-15,18,20-21H,2-6,9-10,12-13H2,1H3,(H,25,26)(H,27,28)/t21-/m0/s1. The van der Waals surface area contributed by atoms with Crippen LogP contribution in [0.5, 0.6) is 0 Å². The van der Waals surface area contributed by atoms with E-state index in [0.717, 1.165) is 57.8 Å². The van der Waals surface area contributed by atoms with E-state index in [2.05, 4.69) is 5.32 Å². The minimum Gasteiger partial charge on any atom is -0.478 e. The fourth-order valence-electron chi connectivity index (χ4n) is 4.39. The van der Waals surface area contributed by atoms with Crippen molar-refractivity contribution in [3.63, 3.8) is 0 Å². The second kappa shape index (κ2) is 10.4. The number of amides is 1. The number of hydrogen-bond donors (Lipinski definition) is 2. The van der Waals surface area contributed by atoms with Crippen LogP contribution in [-0.4, -0.2) is 35.1 Å². The molecule has 0 saturated heterocycles. The predicted octanol–water partition coefficient (Wildman–Crippen LogP) is 4.34. The number of carboxylic acid groups (broad SMARTS) is 1. The molecular weight excluding hydrogens is 382 g/mol. The number of aliphatic carboxylic acids is 1. The summed E-state index contributed by atoms with van der Waals surface area (Å²) in [7, 11) is 0. The molecule has 0 radical (unpaired) electrons. The Labute approximate surface area is 177 Å². The van der Waals surface area contributed by atoms with Gasteiger partial charge in [0, 0.05) is 11.1 Å². The van der Waals surface area contributed by atoms with Gasteiger partial charge in [-0.2, -0.15) is 0 Å². The fourth-order valence-corrected chi connectivity index (χ4v) is 4.39. The Morgan fingerprint density at radius 1 is 1.07 bits per heavy atom. The molecule has 0 aromatic heterocycles. The van der Waals surface area contributed by atoms with Crippen LogP contribution < -0.4 is 5.32 Å². The summed E-state index contributed by atoms with van der Waals surface area (Å²) in [4.78, 5) is 37.0. The van der Waals surface area contributed by atoms with Crippen LogP contribution in [0, 0.1) is 5.92 Å². The maximum absolute atomic E-state index is 13.0. The number of benzene rings is 1. The lowest BCUT2D eigenvalue weighted by atomic mass is 9.83. The largest absolute Gasteiger partial charge is 0.478 e. The number of carboxylic acids is 1. The molecule has 1 amide bonds. The van der Waals surface area contributed by atoms with Gasteiger partial charge in [-0.15, -0.1) is 0 Å². The number of carbonyl (C=O) groups is 3. The monoisotopic (exact) mass is 413 g/mol. The zero-order valence-corrected chi connectivity index (χ0v) is 17.6. The highest BCUT2D eigenvalue weighted by Gasteiger charge is 2.34. The van der Waals surface area contributed by atoms with Crippen LogP contribution in [0.2, 0.25) is 0 Å². The third kappa shape index (κ3) is 5.94. The van der Waals surface area contributed by atoms with E-state index in [1.807, 2.05) is 0 Å². The van der Waals surface area contributed by atoms with Crippen LogP contribution in [-0.2, 0) is 14.3 Å². The van der Waals surface area contributed by atoms with Crippen molar-refractivity contribution in [2.45, 2.75) is 76.9 Å². The molecule has 1 atom stereocenters. The van der Waals surface area contributed by atoms with E-state index in [4.69, 9.17) is 9.84 Å². The Hall–Kier alpha value is -2.63. The van der Waals surface area contributed by atoms with Gasteiger partial charge in [-0.05, 0) is 75.1 Å². The van der Waals surface area contributed by atoms with Gasteiger partial charge in [0.15, 0.2) is 0 Å². The Kier molecular flexibility index (Phi) is 7.66. The molecule has 6 nitrogen and oxygen atoms in total. The summed E-state index contributed by atoms with van der Waals surface area (Å²) in [6.07, 6.45) is 10.5. The number of hydrogen-bond acceptors (Lipinski definition) is 4. The predicted molar refractivity (Wildman–Crippen MR) is 114 cm³/mol. The lowest BCUT2D eigenvalue weighted by Crippen LogP contribution is -2.48. The Morgan fingerprint density at radius 2 is 1.73 bits per heavy atom. The molecule has 2 aliphatic carbocycles.